The lowest BCUT2D eigenvalue weighted by Crippen LogP contribution is -2.24. The maximum atomic E-state index is 13.3. The van der Waals surface area contributed by atoms with Gasteiger partial charge in [-0.3, -0.25) is 4.79 Å². The molecule has 0 spiro atoms. The van der Waals surface area contributed by atoms with Gasteiger partial charge in [0.1, 0.15) is 5.82 Å². The van der Waals surface area contributed by atoms with Crippen LogP contribution in [0.3, 0.4) is 0 Å². The van der Waals surface area contributed by atoms with Gasteiger partial charge in [0.05, 0.1) is 10.6 Å². The molecule has 0 saturated carbocycles. The van der Waals surface area contributed by atoms with Crippen molar-refractivity contribution in [2.75, 3.05) is 6.54 Å². The van der Waals surface area contributed by atoms with Gasteiger partial charge in [-0.05, 0) is 42.0 Å². The number of alkyl halides is 3. The number of nitrogens with zero attached hydrogens (tertiary/aromatic N) is 3. The monoisotopic (exact) mass is 439 g/mol. The van der Waals surface area contributed by atoms with Crippen LogP contribution < -0.4 is 0 Å². The van der Waals surface area contributed by atoms with E-state index in [0.29, 0.717) is 23.5 Å². The first-order valence-corrected chi connectivity index (χ1v) is 9.31. The molecule has 0 N–H and O–H groups in total. The van der Waals surface area contributed by atoms with Crippen molar-refractivity contribution in [3.8, 4) is 11.5 Å². The van der Waals surface area contributed by atoms with Crippen LogP contribution in [-0.2, 0) is 17.5 Å². The zero-order valence-electron chi connectivity index (χ0n) is 15.3. The lowest BCUT2D eigenvalue weighted by atomic mass is 10.1. The third-order valence-electron chi connectivity index (χ3n) is 4.84. The quantitative estimate of drug-likeness (QED) is 0.533. The predicted molar refractivity (Wildman–Crippen MR) is 98.9 cm³/mol. The van der Waals surface area contributed by atoms with E-state index < -0.39 is 17.6 Å². The topological polar surface area (TPSA) is 59.2 Å². The maximum absolute atomic E-state index is 13.3. The number of hydrogen-bond acceptors (Lipinski definition) is 4. The molecule has 1 unspecified atom stereocenters. The summed E-state index contributed by atoms with van der Waals surface area (Å²) in [5.41, 5.74) is 0.266. The number of likely N-dealkylation sites (tertiary alicyclic amines) is 1. The van der Waals surface area contributed by atoms with E-state index in [9.17, 15) is 22.4 Å². The highest BCUT2D eigenvalue weighted by molar-refractivity contribution is 6.30. The minimum atomic E-state index is -4.43. The molecule has 156 valence electrons. The van der Waals surface area contributed by atoms with Gasteiger partial charge in [-0.2, -0.15) is 18.2 Å². The first-order chi connectivity index (χ1) is 14.2. The molecule has 2 heterocycles. The second-order valence-electron chi connectivity index (χ2n) is 6.96. The van der Waals surface area contributed by atoms with E-state index in [1.54, 1.807) is 11.0 Å². The van der Waals surface area contributed by atoms with E-state index in [-0.39, 0.29) is 35.7 Å². The van der Waals surface area contributed by atoms with E-state index >= 15 is 0 Å². The molecule has 0 radical (unpaired) electrons. The number of amides is 1. The Morgan fingerprint density at radius 1 is 1.17 bits per heavy atom. The third-order valence-corrected chi connectivity index (χ3v) is 5.13. The summed E-state index contributed by atoms with van der Waals surface area (Å²) in [4.78, 5) is 18.2. The normalized spacial score (nSPS) is 17.0. The zero-order chi connectivity index (χ0) is 21.5. The molecule has 1 fully saturated rings. The van der Waals surface area contributed by atoms with Crippen LogP contribution in [0.2, 0.25) is 5.02 Å². The summed E-state index contributed by atoms with van der Waals surface area (Å²) in [6, 6.07) is 8.65. The molecule has 30 heavy (non-hydrogen) atoms. The molecule has 1 aliphatic heterocycles. The fourth-order valence-corrected chi connectivity index (χ4v) is 3.48. The number of benzene rings is 2. The van der Waals surface area contributed by atoms with E-state index in [0.717, 1.165) is 12.1 Å². The van der Waals surface area contributed by atoms with Crippen LogP contribution in [0.25, 0.3) is 11.5 Å². The minimum Gasteiger partial charge on any atom is -0.338 e. The van der Waals surface area contributed by atoms with E-state index in [4.69, 9.17) is 16.1 Å². The summed E-state index contributed by atoms with van der Waals surface area (Å²) in [7, 11) is 0. The fourth-order valence-electron chi connectivity index (χ4n) is 3.28. The van der Waals surface area contributed by atoms with Crippen LogP contribution >= 0.6 is 11.6 Å². The number of carbonyl (C=O) groups excluding carboxylic acids is 1. The molecule has 1 amide bonds. The maximum Gasteiger partial charge on any atom is 0.416 e. The van der Waals surface area contributed by atoms with Crippen molar-refractivity contribution < 1.29 is 26.9 Å². The Hall–Kier alpha value is -2.94. The van der Waals surface area contributed by atoms with Crippen molar-refractivity contribution in [1.29, 1.82) is 0 Å². The van der Waals surface area contributed by atoms with E-state index in [1.807, 2.05) is 0 Å². The molecular weight excluding hydrogens is 426 g/mol. The minimum absolute atomic E-state index is 0.0185. The molecule has 2 aromatic carbocycles. The largest absolute Gasteiger partial charge is 0.416 e. The van der Waals surface area contributed by atoms with Crippen molar-refractivity contribution in [2.24, 2.45) is 0 Å². The van der Waals surface area contributed by atoms with Crippen molar-refractivity contribution in [2.45, 2.75) is 25.1 Å². The first kappa shape index (κ1) is 20.3. The number of rotatable bonds is 4. The van der Waals surface area contributed by atoms with Crippen LogP contribution in [0.15, 0.2) is 47.0 Å². The van der Waals surface area contributed by atoms with Crippen LogP contribution in [-0.4, -0.2) is 27.5 Å². The van der Waals surface area contributed by atoms with Gasteiger partial charge in [0, 0.05) is 31.0 Å². The summed E-state index contributed by atoms with van der Waals surface area (Å²) in [5, 5.41) is 3.87. The van der Waals surface area contributed by atoms with Crippen LogP contribution in [0.1, 0.15) is 29.3 Å². The van der Waals surface area contributed by atoms with Gasteiger partial charge in [0.25, 0.3) is 5.89 Å². The molecular formula is C20H14ClF4N3O2. The third kappa shape index (κ3) is 4.16. The molecule has 0 bridgehead atoms. The number of hydrogen-bond donors (Lipinski definition) is 0. The Labute approximate surface area is 173 Å². The van der Waals surface area contributed by atoms with Gasteiger partial charge >= 0.3 is 6.18 Å². The number of aromatic nitrogens is 2. The van der Waals surface area contributed by atoms with Gasteiger partial charge < -0.3 is 9.42 Å². The second-order valence-corrected chi connectivity index (χ2v) is 7.36. The second kappa shape index (κ2) is 7.71. The van der Waals surface area contributed by atoms with Crippen LogP contribution in [0.5, 0.6) is 0 Å². The lowest BCUT2D eigenvalue weighted by Gasteiger charge is -2.16. The summed E-state index contributed by atoms with van der Waals surface area (Å²) >= 11 is 5.78. The summed E-state index contributed by atoms with van der Waals surface area (Å²) in [6.07, 6.45) is -4.26. The zero-order valence-corrected chi connectivity index (χ0v) is 16.0. The Morgan fingerprint density at radius 3 is 2.57 bits per heavy atom. The SMILES string of the molecule is O=C1CC(c2noc(-c3ccc(C(F)(F)F)cc3)n2)CN1Cc1ccc(F)c(Cl)c1. The Morgan fingerprint density at radius 2 is 1.90 bits per heavy atom. The van der Waals surface area contributed by atoms with Crippen molar-refractivity contribution >= 4 is 17.5 Å². The average molecular weight is 440 g/mol. The molecule has 1 aromatic heterocycles. The number of halogens is 5. The summed E-state index contributed by atoms with van der Waals surface area (Å²) < 4.78 is 56.5. The first-order valence-electron chi connectivity index (χ1n) is 8.93. The summed E-state index contributed by atoms with van der Waals surface area (Å²) in [5.74, 6) is -0.594. The average Bonchev–Trinajstić information content (AvgIpc) is 3.32. The van der Waals surface area contributed by atoms with Gasteiger partial charge in [-0.15, -0.1) is 0 Å². The smallest absolute Gasteiger partial charge is 0.338 e. The van der Waals surface area contributed by atoms with Crippen LogP contribution in [0.4, 0.5) is 17.6 Å². The highest BCUT2D eigenvalue weighted by Gasteiger charge is 2.34. The van der Waals surface area contributed by atoms with Gasteiger partial charge in [-0.25, -0.2) is 4.39 Å². The van der Waals surface area contributed by atoms with E-state index in [2.05, 4.69) is 10.1 Å². The molecule has 0 aliphatic carbocycles. The molecule has 4 rings (SSSR count). The Kier molecular flexibility index (Phi) is 5.23. The molecule has 1 aliphatic rings. The number of carbonyl (C=O) groups is 1. The van der Waals surface area contributed by atoms with Gasteiger partial charge in [0.2, 0.25) is 5.91 Å². The van der Waals surface area contributed by atoms with Gasteiger partial charge in [-0.1, -0.05) is 22.8 Å². The predicted octanol–water partition coefficient (Wildman–Crippen LogP) is 5.06. The lowest BCUT2D eigenvalue weighted by molar-refractivity contribution is -0.137. The van der Waals surface area contributed by atoms with Crippen molar-refractivity contribution in [1.82, 2.24) is 15.0 Å². The molecule has 5 nitrogen and oxygen atoms in total. The molecule has 1 atom stereocenters. The molecule has 3 aromatic rings. The highest BCUT2D eigenvalue weighted by Crippen LogP contribution is 2.32. The van der Waals surface area contributed by atoms with E-state index in [1.165, 1.54) is 24.3 Å². The Bertz CT molecular complexity index is 1080. The summed E-state index contributed by atoms with van der Waals surface area (Å²) in [6.45, 7) is 0.596. The fraction of sp³-hybridized carbons (Fsp3) is 0.250. The van der Waals surface area contributed by atoms with Crippen molar-refractivity contribution in [3.05, 3.63) is 70.3 Å². The molecule has 1 saturated heterocycles. The van der Waals surface area contributed by atoms with Gasteiger partial charge in [0.15, 0.2) is 5.82 Å². The standard InChI is InChI=1S/C20H14ClF4N3O2/c21-15-7-11(1-6-16(15)22)9-28-10-13(8-17(28)29)18-26-19(30-27-18)12-2-4-14(5-3-12)20(23,24)25/h1-7,13H,8-10H2. The van der Waals surface area contributed by atoms with Crippen LogP contribution in [0, 0.1) is 5.82 Å². The highest BCUT2D eigenvalue weighted by atomic mass is 35.5. The molecule has 10 heteroatoms. The Balaban J connectivity index is 1.46. The van der Waals surface area contributed by atoms with Crippen molar-refractivity contribution in [3.63, 3.8) is 0 Å².